The molecule has 0 aromatic carbocycles. The lowest BCUT2D eigenvalue weighted by Crippen LogP contribution is -2.28. The van der Waals surface area contributed by atoms with Gasteiger partial charge in [0.25, 0.3) is 5.91 Å². The van der Waals surface area contributed by atoms with E-state index in [1.807, 2.05) is 19.1 Å². The van der Waals surface area contributed by atoms with Crippen LogP contribution in [0.25, 0.3) is 0 Å². The van der Waals surface area contributed by atoms with Crippen molar-refractivity contribution in [2.75, 3.05) is 6.54 Å². The Balaban J connectivity index is 1.92. The van der Waals surface area contributed by atoms with E-state index in [1.165, 1.54) is 0 Å². The largest absolute Gasteiger partial charge is 0.473 e. The minimum absolute atomic E-state index is 0.0927. The van der Waals surface area contributed by atoms with Crippen LogP contribution in [0.2, 0.25) is 0 Å². The standard InChI is InChI=1S/C19H25N3O2/c1-14-11-17(24-13-15-5-8-20-9-6-15)22-12-16(14)18(23)21-10-7-19(2,3)4/h5-6,8-9,11-12H,7,10,13H2,1-4H3,(H,21,23). The number of carbonyl (C=O) groups is 1. The average Bonchev–Trinajstić information content (AvgIpc) is 2.52. The summed E-state index contributed by atoms with van der Waals surface area (Å²) in [6.45, 7) is 9.43. The molecule has 0 saturated carbocycles. The lowest BCUT2D eigenvalue weighted by Gasteiger charge is -2.18. The summed E-state index contributed by atoms with van der Waals surface area (Å²) in [7, 11) is 0. The van der Waals surface area contributed by atoms with Crippen molar-refractivity contribution in [3.05, 3.63) is 53.5 Å². The number of pyridine rings is 2. The molecule has 1 amide bonds. The molecule has 5 nitrogen and oxygen atoms in total. The van der Waals surface area contributed by atoms with Crippen molar-refractivity contribution < 1.29 is 9.53 Å². The Morgan fingerprint density at radius 2 is 1.96 bits per heavy atom. The van der Waals surface area contributed by atoms with Gasteiger partial charge in [-0.2, -0.15) is 0 Å². The Labute approximate surface area is 143 Å². The van der Waals surface area contributed by atoms with E-state index in [4.69, 9.17) is 4.74 Å². The van der Waals surface area contributed by atoms with Gasteiger partial charge in [0.15, 0.2) is 0 Å². The van der Waals surface area contributed by atoms with E-state index in [1.54, 1.807) is 24.7 Å². The molecule has 0 aliphatic rings. The van der Waals surface area contributed by atoms with Crippen LogP contribution in [0.1, 0.15) is 48.7 Å². The fourth-order valence-corrected chi connectivity index (χ4v) is 2.13. The summed E-state index contributed by atoms with van der Waals surface area (Å²) >= 11 is 0. The minimum atomic E-state index is -0.0927. The van der Waals surface area contributed by atoms with Crippen LogP contribution < -0.4 is 10.1 Å². The molecule has 0 bridgehead atoms. The van der Waals surface area contributed by atoms with Gasteiger partial charge in [0.05, 0.1) is 5.56 Å². The lowest BCUT2D eigenvalue weighted by molar-refractivity contribution is 0.0948. The third-order valence-electron chi connectivity index (χ3n) is 3.63. The topological polar surface area (TPSA) is 64.1 Å². The highest BCUT2D eigenvalue weighted by atomic mass is 16.5. The number of hydrogen-bond acceptors (Lipinski definition) is 4. The highest BCUT2D eigenvalue weighted by molar-refractivity contribution is 5.95. The molecular formula is C19H25N3O2. The molecule has 2 aromatic heterocycles. The summed E-state index contributed by atoms with van der Waals surface area (Å²) in [5.41, 5.74) is 2.65. The quantitative estimate of drug-likeness (QED) is 0.881. The summed E-state index contributed by atoms with van der Waals surface area (Å²) in [6.07, 6.45) is 5.95. The van der Waals surface area contributed by atoms with Gasteiger partial charge in [0.1, 0.15) is 6.61 Å². The van der Waals surface area contributed by atoms with Gasteiger partial charge in [-0.05, 0) is 42.0 Å². The van der Waals surface area contributed by atoms with Gasteiger partial charge in [-0.15, -0.1) is 0 Å². The molecule has 0 unspecified atom stereocenters. The first-order valence-electron chi connectivity index (χ1n) is 8.12. The number of amides is 1. The smallest absolute Gasteiger partial charge is 0.253 e. The number of nitrogens with one attached hydrogen (secondary N) is 1. The summed E-state index contributed by atoms with van der Waals surface area (Å²) < 4.78 is 5.66. The Hall–Kier alpha value is -2.43. The predicted molar refractivity (Wildman–Crippen MR) is 93.9 cm³/mol. The van der Waals surface area contributed by atoms with E-state index in [-0.39, 0.29) is 11.3 Å². The lowest BCUT2D eigenvalue weighted by atomic mass is 9.92. The molecule has 2 aromatic rings. The summed E-state index contributed by atoms with van der Waals surface area (Å²) in [5.74, 6) is 0.417. The second-order valence-electron chi connectivity index (χ2n) is 7.05. The van der Waals surface area contributed by atoms with E-state index < -0.39 is 0 Å². The van der Waals surface area contributed by atoms with Gasteiger partial charge in [-0.25, -0.2) is 4.98 Å². The molecule has 5 heteroatoms. The predicted octanol–water partition coefficient (Wildman–Crippen LogP) is 3.53. The van der Waals surface area contributed by atoms with Gasteiger partial charge in [-0.1, -0.05) is 20.8 Å². The first-order valence-corrected chi connectivity index (χ1v) is 8.12. The van der Waals surface area contributed by atoms with Crippen LogP contribution in [-0.4, -0.2) is 22.4 Å². The number of carbonyl (C=O) groups excluding carboxylic acids is 1. The summed E-state index contributed by atoms with van der Waals surface area (Å²) in [6, 6.07) is 5.58. The van der Waals surface area contributed by atoms with Crippen LogP contribution in [0, 0.1) is 12.3 Å². The van der Waals surface area contributed by atoms with Crippen molar-refractivity contribution in [2.24, 2.45) is 5.41 Å². The first kappa shape index (κ1) is 17.9. The van der Waals surface area contributed by atoms with Crippen LogP contribution >= 0.6 is 0 Å². The summed E-state index contributed by atoms with van der Waals surface area (Å²) in [4.78, 5) is 20.4. The molecule has 0 fully saturated rings. The zero-order valence-corrected chi connectivity index (χ0v) is 14.8. The van der Waals surface area contributed by atoms with Crippen molar-refractivity contribution in [1.82, 2.24) is 15.3 Å². The van der Waals surface area contributed by atoms with Crippen LogP contribution in [0.15, 0.2) is 36.8 Å². The van der Waals surface area contributed by atoms with Gasteiger partial charge < -0.3 is 10.1 Å². The number of rotatable bonds is 6. The molecule has 0 saturated heterocycles. The van der Waals surface area contributed by atoms with Crippen molar-refractivity contribution in [3.8, 4) is 5.88 Å². The molecule has 128 valence electrons. The second kappa shape index (κ2) is 7.90. The van der Waals surface area contributed by atoms with Crippen molar-refractivity contribution in [1.29, 1.82) is 0 Å². The number of aromatic nitrogens is 2. The normalized spacial score (nSPS) is 11.2. The molecule has 0 aliphatic heterocycles. The molecule has 0 radical (unpaired) electrons. The fraction of sp³-hybridized carbons (Fsp3) is 0.421. The molecule has 0 aliphatic carbocycles. The van der Waals surface area contributed by atoms with Crippen molar-refractivity contribution in [3.63, 3.8) is 0 Å². The molecule has 2 rings (SSSR count). The maximum Gasteiger partial charge on any atom is 0.253 e. The molecule has 1 N–H and O–H groups in total. The molecule has 24 heavy (non-hydrogen) atoms. The number of hydrogen-bond donors (Lipinski definition) is 1. The molecular weight excluding hydrogens is 302 g/mol. The average molecular weight is 327 g/mol. The van der Waals surface area contributed by atoms with Gasteiger partial charge in [0, 0.05) is 31.2 Å². The van der Waals surface area contributed by atoms with Crippen molar-refractivity contribution >= 4 is 5.91 Å². The van der Waals surface area contributed by atoms with Crippen LogP contribution in [-0.2, 0) is 6.61 Å². The number of nitrogens with zero attached hydrogens (tertiary/aromatic N) is 2. The zero-order chi connectivity index (χ0) is 17.6. The minimum Gasteiger partial charge on any atom is -0.473 e. The first-order chi connectivity index (χ1) is 11.3. The second-order valence-corrected chi connectivity index (χ2v) is 7.05. The third-order valence-corrected chi connectivity index (χ3v) is 3.63. The Bertz CT molecular complexity index is 679. The molecule has 0 atom stereocenters. The third kappa shape index (κ3) is 5.65. The Morgan fingerprint density at radius 3 is 2.58 bits per heavy atom. The highest BCUT2D eigenvalue weighted by Crippen LogP contribution is 2.18. The van der Waals surface area contributed by atoms with E-state index >= 15 is 0 Å². The SMILES string of the molecule is Cc1cc(OCc2ccncc2)ncc1C(=O)NCCC(C)(C)C. The number of ether oxygens (including phenoxy) is 1. The maximum atomic E-state index is 12.2. The van der Waals surface area contributed by atoms with E-state index in [9.17, 15) is 4.79 Å². The van der Waals surface area contributed by atoms with Gasteiger partial charge >= 0.3 is 0 Å². The Kier molecular flexibility index (Phi) is 5.90. The van der Waals surface area contributed by atoms with E-state index in [0.29, 0.717) is 24.6 Å². The monoisotopic (exact) mass is 327 g/mol. The highest BCUT2D eigenvalue weighted by Gasteiger charge is 2.13. The molecule has 0 spiro atoms. The Morgan fingerprint density at radius 1 is 1.25 bits per heavy atom. The van der Waals surface area contributed by atoms with E-state index in [0.717, 1.165) is 17.5 Å². The van der Waals surface area contributed by atoms with Gasteiger partial charge in [-0.3, -0.25) is 9.78 Å². The van der Waals surface area contributed by atoms with Gasteiger partial charge in [0.2, 0.25) is 5.88 Å². The summed E-state index contributed by atoms with van der Waals surface area (Å²) in [5, 5.41) is 2.95. The number of aryl methyl sites for hydroxylation is 1. The zero-order valence-electron chi connectivity index (χ0n) is 14.8. The van der Waals surface area contributed by atoms with Crippen LogP contribution in [0.3, 0.4) is 0 Å². The molecule has 2 heterocycles. The fourth-order valence-electron chi connectivity index (χ4n) is 2.13. The van der Waals surface area contributed by atoms with Crippen LogP contribution in [0.4, 0.5) is 0 Å². The van der Waals surface area contributed by atoms with E-state index in [2.05, 4.69) is 36.1 Å². The maximum absolute atomic E-state index is 12.2. The van der Waals surface area contributed by atoms with Crippen LogP contribution in [0.5, 0.6) is 5.88 Å². The van der Waals surface area contributed by atoms with Crippen molar-refractivity contribution in [2.45, 2.75) is 40.7 Å².